The van der Waals surface area contributed by atoms with Gasteiger partial charge in [-0.25, -0.2) is 5.01 Å². The summed E-state index contributed by atoms with van der Waals surface area (Å²) in [5, 5.41) is 17.9. The SMILES string of the molecule is CC(=N)N(N=N)c1ccc(C(=O)NCc2cccc(C(=O)Nc3ccc4c(c3)CN(C)CC4)c2)cc1. The maximum atomic E-state index is 12.9. The highest BCUT2D eigenvalue weighted by molar-refractivity contribution is 6.04. The van der Waals surface area contributed by atoms with Gasteiger partial charge in [-0.15, -0.1) is 0 Å². The Bertz CT molecular complexity index is 1300. The average Bonchev–Trinajstić information content (AvgIpc) is 2.88. The number of likely N-dealkylation sites (N-methyl/N-ethyl adjacent to an activating group) is 1. The number of carbonyl (C=O) groups excluding carboxylic acids is 2. The van der Waals surface area contributed by atoms with Crippen molar-refractivity contribution in [2.24, 2.45) is 5.22 Å². The standard InChI is InChI=1S/C27H29N7O2/c1-18(28)34(32-29)25-10-7-21(8-11-25)26(35)30-16-19-4-3-5-22(14-19)27(36)31-24-9-6-20-12-13-33(2)17-23(20)15-24/h3-11,14-15,28-29H,12-13,16-17H2,1-2H3,(H,30,35)(H,31,36). The lowest BCUT2D eigenvalue weighted by Crippen LogP contribution is -2.26. The third-order valence-corrected chi connectivity index (χ3v) is 6.10. The fourth-order valence-corrected chi connectivity index (χ4v) is 4.17. The van der Waals surface area contributed by atoms with Crippen LogP contribution in [0.1, 0.15) is 44.3 Å². The highest BCUT2D eigenvalue weighted by atomic mass is 16.2. The molecule has 0 unspecified atom stereocenters. The van der Waals surface area contributed by atoms with Gasteiger partial charge in [0.25, 0.3) is 11.8 Å². The molecule has 0 spiro atoms. The topological polar surface area (TPSA) is 125 Å². The van der Waals surface area contributed by atoms with Gasteiger partial charge in [0.1, 0.15) is 5.84 Å². The molecule has 0 fully saturated rings. The molecule has 4 rings (SSSR count). The number of nitrogens with one attached hydrogen (secondary N) is 4. The molecule has 0 saturated heterocycles. The van der Waals surface area contributed by atoms with Crippen LogP contribution >= 0.6 is 0 Å². The second kappa shape index (κ2) is 10.9. The molecule has 184 valence electrons. The zero-order valence-corrected chi connectivity index (χ0v) is 20.3. The van der Waals surface area contributed by atoms with Crippen molar-refractivity contribution in [2.75, 3.05) is 23.9 Å². The lowest BCUT2D eigenvalue weighted by molar-refractivity contribution is 0.0950. The van der Waals surface area contributed by atoms with Crippen LogP contribution < -0.4 is 15.6 Å². The van der Waals surface area contributed by atoms with Crippen molar-refractivity contribution in [3.8, 4) is 0 Å². The van der Waals surface area contributed by atoms with E-state index in [-0.39, 0.29) is 24.2 Å². The summed E-state index contributed by atoms with van der Waals surface area (Å²) in [7, 11) is 2.09. The van der Waals surface area contributed by atoms with E-state index in [9.17, 15) is 9.59 Å². The van der Waals surface area contributed by atoms with Gasteiger partial charge >= 0.3 is 0 Å². The van der Waals surface area contributed by atoms with E-state index in [2.05, 4.69) is 33.9 Å². The van der Waals surface area contributed by atoms with Gasteiger partial charge in [0, 0.05) is 36.4 Å². The number of fused-ring (bicyclic) bond motifs is 1. The van der Waals surface area contributed by atoms with E-state index >= 15 is 0 Å². The van der Waals surface area contributed by atoms with Crippen LogP contribution in [0.2, 0.25) is 0 Å². The Kier molecular flexibility index (Phi) is 7.50. The number of rotatable bonds is 7. The van der Waals surface area contributed by atoms with Crippen LogP contribution in [0, 0.1) is 10.9 Å². The van der Waals surface area contributed by atoms with Gasteiger partial charge in [-0.3, -0.25) is 15.0 Å². The summed E-state index contributed by atoms with van der Waals surface area (Å²) >= 11 is 0. The number of benzene rings is 3. The molecule has 36 heavy (non-hydrogen) atoms. The summed E-state index contributed by atoms with van der Waals surface area (Å²) in [6, 6.07) is 19.7. The summed E-state index contributed by atoms with van der Waals surface area (Å²) in [4.78, 5) is 27.7. The molecule has 3 aromatic rings. The number of hydrogen-bond donors (Lipinski definition) is 4. The van der Waals surface area contributed by atoms with E-state index < -0.39 is 0 Å². The van der Waals surface area contributed by atoms with Gasteiger partial charge in [0.2, 0.25) is 0 Å². The molecule has 1 aliphatic heterocycles. The Morgan fingerprint density at radius 1 is 1.00 bits per heavy atom. The fraction of sp³-hybridized carbons (Fsp3) is 0.222. The second-order valence-electron chi connectivity index (χ2n) is 8.85. The molecule has 0 atom stereocenters. The molecule has 1 heterocycles. The summed E-state index contributed by atoms with van der Waals surface area (Å²) in [6.07, 6.45) is 1.01. The van der Waals surface area contributed by atoms with Crippen LogP contribution in [0.4, 0.5) is 11.4 Å². The third-order valence-electron chi connectivity index (χ3n) is 6.10. The zero-order chi connectivity index (χ0) is 25.7. The van der Waals surface area contributed by atoms with E-state index in [1.54, 1.807) is 42.5 Å². The molecule has 3 aromatic carbocycles. The molecule has 4 N–H and O–H groups in total. The largest absolute Gasteiger partial charge is 0.348 e. The van der Waals surface area contributed by atoms with Crippen molar-refractivity contribution in [1.82, 2.24) is 10.2 Å². The molecule has 0 aromatic heterocycles. The van der Waals surface area contributed by atoms with Crippen molar-refractivity contribution in [1.29, 1.82) is 10.9 Å². The number of amidine groups is 1. The van der Waals surface area contributed by atoms with Crippen LogP contribution in [-0.2, 0) is 19.5 Å². The zero-order valence-electron chi connectivity index (χ0n) is 20.3. The summed E-state index contributed by atoms with van der Waals surface area (Å²) in [5.74, 6) is -0.365. The molecule has 9 nitrogen and oxygen atoms in total. The van der Waals surface area contributed by atoms with Crippen LogP contribution in [0.25, 0.3) is 0 Å². The first kappa shape index (κ1) is 24.7. The van der Waals surface area contributed by atoms with Gasteiger partial charge < -0.3 is 15.5 Å². The normalized spacial score (nSPS) is 12.8. The predicted molar refractivity (Wildman–Crippen MR) is 140 cm³/mol. The minimum atomic E-state index is -0.267. The first-order chi connectivity index (χ1) is 17.3. The van der Waals surface area contributed by atoms with E-state index in [4.69, 9.17) is 10.9 Å². The van der Waals surface area contributed by atoms with Gasteiger partial charge in [-0.05, 0) is 85.6 Å². The second-order valence-corrected chi connectivity index (χ2v) is 8.85. The maximum absolute atomic E-state index is 12.9. The van der Waals surface area contributed by atoms with E-state index in [0.717, 1.165) is 35.8 Å². The molecular formula is C27H29N7O2. The van der Waals surface area contributed by atoms with Gasteiger partial charge in [-0.2, -0.15) is 5.53 Å². The van der Waals surface area contributed by atoms with Crippen molar-refractivity contribution >= 4 is 29.0 Å². The Labute approximate surface area is 210 Å². The van der Waals surface area contributed by atoms with E-state index in [0.29, 0.717) is 16.8 Å². The quantitative estimate of drug-likeness (QED) is 0.170. The Hall–Kier alpha value is -4.37. The smallest absolute Gasteiger partial charge is 0.255 e. The first-order valence-electron chi connectivity index (χ1n) is 11.7. The lowest BCUT2D eigenvalue weighted by Gasteiger charge is -2.25. The fourth-order valence-electron chi connectivity index (χ4n) is 4.17. The maximum Gasteiger partial charge on any atom is 0.255 e. The Balaban J connectivity index is 1.37. The summed E-state index contributed by atoms with van der Waals surface area (Å²) < 4.78 is 0. The summed E-state index contributed by atoms with van der Waals surface area (Å²) in [5.41, 5.74) is 12.8. The van der Waals surface area contributed by atoms with Gasteiger partial charge in [-0.1, -0.05) is 23.4 Å². The third kappa shape index (κ3) is 5.81. The van der Waals surface area contributed by atoms with Crippen LogP contribution in [0.3, 0.4) is 0 Å². The van der Waals surface area contributed by atoms with Gasteiger partial charge in [0.05, 0.1) is 5.69 Å². The number of carbonyl (C=O) groups is 2. The number of amides is 2. The number of nitrogens with zero attached hydrogens (tertiary/aromatic N) is 3. The van der Waals surface area contributed by atoms with Crippen molar-refractivity contribution in [3.63, 3.8) is 0 Å². The molecule has 0 saturated carbocycles. The Morgan fingerprint density at radius 3 is 2.50 bits per heavy atom. The Morgan fingerprint density at radius 2 is 1.78 bits per heavy atom. The number of hydrogen-bond acceptors (Lipinski definition) is 6. The molecular weight excluding hydrogens is 454 g/mol. The number of anilines is 2. The minimum Gasteiger partial charge on any atom is -0.348 e. The monoisotopic (exact) mass is 483 g/mol. The van der Waals surface area contributed by atoms with Crippen molar-refractivity contribution < 1.29 is 9.59 Å². The van der Waals surface area contributed by atoms with E-state index in [1.807, 2.05) is 18.2 Å². The van der Waals surface area contributed by atoms with Crippen LogP contribution in [-0.4, -0.2) is 36.1 Å². The molecule has 0 aliphatic carbocycles. The molecule has 9 heteroatoms. The van der Waals surface area contributed by atoms with Crippen molar-refractivity contribution in [3.05, 3.63) is 94.5 Å². The summed E-state index contributed by atoms with van der Waals surface area (Å²) in [6.45, 7) is 3.70. The van der Waals surface area contributed by atoms with Crippen molar-refractivity contribution in [2.45, 2.75) is 26.4 Å². The molecule has 1 aliphatic rings. The van der Waals surface area contributed by atoms with Crippen LogP contribution in [0.5, 0.6) is 0 Å². The average molecular weight is 484 g/mol. The predicted octanol–water partition coefficient (Wildman–Crippen LogP) is 4.61. The first-order valence-corrected chi connectivity index (χ1v) is 11.7. The molecule has 0 bridgehead atoms. The highest BCUT2D eigenvalue weighted by Gasteiger charge is 2.15. The molecule has 2 amide bonds. The highest BCUT2D eigenvalue weighted by Crippen LogP contribution is 2.22. The van der Waals surface area contributed by atoms with Crippen LogP contribution in [0.15, 0.2) is 72.0 Å². The van der Waals surface area contributed by atoms with Gasteiger partial charge in [0.15, 0.2) is 0 Å². The molecule has 0 radical (unpaired) electrons. The lowest BCUT2D eigenvalue weighted by atomic mass is 9.99. The minimum absolute atomic E-state index is 0.102. The van der Waals surface area contributed by atoms with E-state index in [1.165, 1.54) is 18.1 Å².